The van der Waals surface area contributed by atoms with Crippen molar-refractivity contribution >= 4 is 51.7 Å². The number of amidine groups is 1. The van der Waals surface area contributed by atoms with Crippen molar-refractivity contribution in [2.24, 2.45) is 4.99 Å². The van der Waals surface area contributed by atoms with E-state index in [1.807, 2.05) is 32.9 Å². The molecule has 5 nitrogen and oxygen atoms in total. The first kappa shape index (κ1) is 21.3. The molecule has 2 amide bonds. The lowest BCUT2D eigenvalue weighted by molar-refractivity contribution is -0.127. The molecule has 1 saturated heterocycles. The van der Waals surface area contributed by atoms with Gasteiger partial charge in [-0.15, -0.1) is 0 Å². The van der Waals surface area contributed by atoms with Crippen molar-refractivity contribution in [3.63, 3.8) is 0 Å². The molecule has 1 unspecified atom stereocenters. The molecule has 1 aliphatic heterocycles. The summed E-state index contributed by atoms with van der Waals surface area (Å²) in [5.74, 6) is -0.963. The second-order valence-electron chi connectivity index (χ2n) is 7.02. The lowest BCUT2D eigenvalue weighted by atomic mass is 10.0. The van der Waals surface area contributed by atoms with Gasteiger partial charge in [0.25, 0.3) is 0 Å². The molecule has 2 aromatic rings. The molecule has 0 aliphatic carbocycles. The Balaban J connectivity index is 1.72. The highest BCUT2D eigenvalue weighted by Gasteiger charge is 2.37. The van der Waals surface area contributed by atoms with Crippen LogP contribution in [0.4, 0.5) is 15.8 Å². The highest BCUT2D eigenvalue weighted by atomic mass is 35.5. The molecule has 3 rings (SSSR count). The topological polar surface area (TPSA) is 61.8 Å². The Morgan fingerprint density at radius 1 is 1.24 bits per heavy atom. The minimum atomic E-state index is -0.569. The fraction of sp³-hybridized carbons (Fsp3) is 0.286. The lowest BCUT2D eigenvalue weighted by Gasteiger charge is -2.14. The summed E-state index contributed by atoms with van der Waals surface area (Å²) >= 11 is 7.00. The normalized spacial score (nSPS) is 17.9. The number of nitrogens with zero attached hydrogens (tertiary/aromatic N) is 2. The first-order valence-corrected chi connectivity index (χ1v) is 10.3. The number of halogens is 2. The number of thioether (sulfide) groups is 1. The molecule has 0 radical (unpaired) electrons. The fourth-order valence-electron chi connectivity index (χ4n) is 3.20. The predicted molar refractivity (Wildman–Crippen MR) is 117 cm³/mol. The molecule has 1 atom stereocenters. The molecule has 1 N–H and O–H groups in total. The molecule has 0 bridgehead atoms. The smallest absolute Gasteiger partial charge is 0.242 e. The van der Waals surface area contributed by atoms with E-state index in [1.165, 1.54) is 34.9 Å². The number of carbonyl (C=O) groups is 2. The van der Waals surface area contributed by atoms with Crippen molar-refractivity contribution in [1.29, 1.82) is 0 Å². The Bertz CT molecular complexity index is 1000. The third-order valence-corrected chi connectivity index (χ3v) is 6.10. The second-order valence-corrected chi connectivity index (χ2v) is 8.60. The first-order chi connectivity index (χ1) is 13.7. The van der Waals surface area contributed by atoms with Gasteiger partial charge in [0.15, 0.2) is 5.17 Å². The molecule has 1 fully saturated rings. The Hall–Kier alpha value is -2.38. The Kier molecular flexibility index (Phi) is 6.29. The molecule has 29 heavy (non-hydrogen) atoms. The summed E-state index contributed by atoms with van der Waals surface area (Å²) in [6.45, 7) is 5.89. The summed E-state index contributed by atoms with van der Waals surface area (Å²) in [6.07, 6.45) is 0.0315. The quantitative estimate of drug-likeness (QED) is 0.738. The minimum Gasteiger partial charge on any atom is -0.326 e. The van der Waals surface area contributed by atoms with Gasteiger partial charge in [0, 0.05) is 19.2 Å². The molecule has 152 valence electrons. The van der Waals surface area contributed by atoms with Crippen LogP contribution in [0.15, 0.2) is 35.3 Å². The summed E-state index contributed by atoms with van der Waals surface area (Å²) in [6, 6.07) is 8.11. The van der Waals surface area contributed by atoms with Gasteiger partial charge in [0.1, 0.15) is 11.1 Å². The van der Waals surface area contributed by atoms with Crippen LogP contribution < -0.4 is 5.32 Å². The maximum Gasteiger partial charge on any atom is 0.242 e. The average Bonchev–Trinajstić information content (AvgIpc) is 2.89. The van der Waals surface area contributed by atoms with Crippen LogP contribution in [-0.2, 0) is 9.59 Å². The van der Waals surface area contributed by atoms with E-state index in [2.05, 4.69) is 10.3 Å². The number of benzene rings is 2. The molecule has 1 aliphatic rings. The molecular formula is C21H21ClFN3O2S. The SMILES string of the molecule is Cc1cc(C)c(NC(=O)CC2SC(=Nc3ccc(F)c(Cl)c3)N(C)C2=O)c(C)c1. The zero-order valence-corrected chi connectivity index (χ0v) is 18.1. The summed E-state index contributed by atoms with van der Waals surface area (Å²) in [4.78, 5) is 30.9. The number of aliphatic imine (C=N–C) groups is 1. The van der Waals surface area contributed by atoms with E-state index in [-0.39, 0.29) is 23.3 Å². The number of rotatable bonds is 4. The average molecular weight is 434 g/mol. The van der Waals surface area contributed by atoms with Gasteiger partial charge in [-0.1, -0.05) is 41.1 Å². The van der Waals surface area contributed by atoms with Gasteiger partial charge in [0.2, 0.25) is 11.8 Å². The van der Waals surface area contributed by atoms with Crippen LogP contribution in [0.1, 0.15) is 23.1 Å². The number of hydrogen-bond donors (Lipinski definition) is 1. The zero-order chi connectivity index (χ0) is 21.3. The van der Waals surface area contributed by atoms with Crippen molar-refractivity contribution in [2.75, 3.05) is 12.4 Å². The minimum absolute atomic E-state index is 0.0315. The van der Waals surface area contributed by atoms with Crippen molar-refractivity contribution < 1.29 is 14.0 Å². The van der Waals surface area contributed by atoms with Crippen LogP contribution in [-0.4, -0.2) is 34.2 Å². The van der Waals surface area contributed by atoms with Gasteiger partial charge in [-0.25, -0.2) is 9.38 Å². The first-order valence-electron chi connectivity index (χ1n) is 9.01. The summed E-state index contributed by atoms with van der Waals surface area (Å²) < 4.78 is 13.3. The number of aryl methyl sites for hydroxylation is 3. The van der Waals surface area contributed by atoms with Crippen LogP contribution in [0.2, 0.25) is 5.02 Å². The highest BCUT2D eigenvalue weighted by molar-refractivity contribution is 8.15. The van der Waals surface area contributed by atoms with Crippen LogP contribution in [0.5, 0.6) is 0 Å². The van der Waals surface area contributed by atoms with Crippen LogP contribution in [0.3, 0.4) is 0 Å². The predicted octanol–water partition coefficient (Wildman–Crippen LogP) is 4.99. The van der Waals surface area contributed by atoms with E-state index < -0.39 is 11.1 Å². The van der Waals surface area contributed by atoms with Crippen LogP contribution in [0.25, 0.3) is 0 Å². The van der Waals surface area contributed by atoms with Gasteiger partial charge in [-0.3, -0.25) is 14.5 Å². The third kappa shape index (κ3) is 4.79. The molecule has 1 heterocycles. The Labute approximate surface area is 178 Å². The van der Waals surface area contributed by atoms with Crippen molar-refractivity contribution in [3.05, 3.63) is 57.9 Å². The summed E-state index contributed by atoms with van der Waals surface area (Å²) in [5.41, 5.74) is 4.30. The standard InChI is InChI=1S/C21H21ClFN3O2S/c1-11-7-12(2)19(13(3)8-11)25-18(27)10-17-20(28)26(4)21(29-17)24-14-5-6-16(23)15(22)9-14/h5-9,17H,10H2,1-4H3,(H,25,27). The third-order valence-electron chi connectivity index (χ3n) is 4.58. The van der Waals surface area contributed by atoms with Gasteiger partial charge >= 0.3 is 0 Å². The summed E-state index contributed by atoms with van der Waals surface area (Å²) in [5, 5.41) is 2.76. The number of anilines is 1. The maximum absolute atomic E-state index is 13.3. The van der Waals surface area contributed by atoms with Gasteiger partial charge in [-0.2, -0.15) is 0 Å². The van der Waals surface area contributed by atoms with Gasteiger partial charge < -0.3 is 5.32 Å². The number of carbonyl (C=O) groups excluding carboxylic acids is 2. The lowest BCUT2D eigenvalue weighted by Crippen LogP contribution is -2.30. The van der Waals surface area contributed by atoms with E-state index >= 15 is 0 Å². The second kappa shape index (κ2) is 8.55. The maximum atomic E-state index is 13.3. The number of nitrogens with one attached hydrogen (secondary N) is 1. The van der Waals surface area contributed by atoms with Crippen molar-refractivity contribution in [2.45, 2.75) is 32.4 Å². The van der Waals surface area contributed by atoms with Crippen molar-refractivity contribution in [1.82, 2.24) is 4.90 Å². The van der Waals surface area contributed by atoms with E-state index in [0.717, 1.165) is 22.4 Å². The molecule has 0 aromatic heterocycles. The van der Waals surface area contributed by atoms with Gasteiger partial charge in [0.05, 0.1) is 10.7 Å². The van der Waals surface area contributed by atoms with Gasteiger partial charge in [-0.05, 0) is 50.1 Å². The van der Waals surface area contributed by atoms with E-state index in [9.17, 15) is 14.0 Å². The zero-order valence-electron chi connectivity index (χ0n) is 16.5. The van der Waals surface area contributed by atoms with Crippen LogP contribution >= 0.6 is 23.4 Å². The van der Waals surface area contributed by atoms with Crippen LogP contribution in [0, 0.1) is 26.6 Å². The molecular weight excluding hydrogens is 413 g/mol. The molecule has 0 saturated carbocycles. The molecule has 8 heteroatoms. The molecule has 0 spiro atoms. The summed E-state index contributed by atoms with van der Waals surface area (Å²) in [7, 11) is 1.60. The van der Waals surface area contributed by atoms with E-state index in [0.29, 0.717) is 10.9 Å². The number of hydrogen-bond acceptors (Lipinski definition) is 4. The monoisotopic (exact) mass is 433 g/mol. The van der Waals surface area contributed by atoms with E-state index in [4.69, 9.17) is 11.6 Å². The van der Waals surface area contributed by atoms with Crippen molar-refractivity contribution in [3.8, 4) is 0 Å². The Morgan fingerprint density at radius 3 is 2.52 bits per heavy atom. The molecule has 2 aromatic carbocycles. The largest absolute Gasteiger partial charge is 0.326 e. The fourth-order valence-corrected chi connectivity index (χ4v) is 4.53. The highest BCUT2D eigenvalue weighted by Crippen LogP contribution is 2.32. The Morgan fingerprint density at radius 2 is 1.90 bits per heavy atom. The van der Waals surface area contributed by atoms with E-state index in [1.54, 1.807) is 7.05 Å². The number of amides is 2.